The largest absolute Gasteiger partial charge is 0.378 e. The zero-order valence-corrected chi connectivity index (χ0v) is 13.7. The second-order valence-corrected chi connectivity index (χ2v) is 5.69. The van der Waals surface area contributed by atoms with E-state index in [1.54, 1.807) is 23.4 Å². The number of aromatic nitrogens is 2. The smallest absolute Gasteiger partial charge is 0.244 e. The van der Waals surface area contributed by atoms with Crippen molar-refractivity contribution in [3.63, 3.8) is 0 Å². The van der Waals surface area contributed by atoms with Crippen molar-refractivity contribution in [1.29, 1.82) is 0 Å². The molecule has 0 unspecified atom stereocenters. The van der Waals surface area contributed by atoms with Gasteiger partial charge in [0.1, 0.15) is 6.54 Å². The van der Waals surface area contributed by atoms with Crippen LogP contribution in [0.1, 0.15) is 0 Å². The van der Waals surface area contributed by atoms with Gasteiger partial charge >= 0.3 is 0 Å². The number of piperazine rings is 1. The third-order valence-corrected chi connectivity index (χ3v) is 4.18. The molecule has 3 heterocycles. The number of guanidine groups is 1. The number of carbonyl (C=O) groups excluding carboxylic acids is 1. The van der Waals surface area contributed by atoms with Crippen molar-refractivity contribution in [1.82, 2.24) is 19.8 Å². The lowest BCUT2D eigenvalue weighted by atomic mass is 10.3. The number of aliphatic imine (C=N–C) groups is 1. The maximum atomic E-state index is 12.1. The number of carbonyl (C=O) groups is 1. The molecule has 9 heteroatoms. The Morgan fingerprint density at radius 1 is 1.08 bits per heavy atom. The summed E-state index contributed by atoms with van der Waals surface area (Å²) in [7, 11) is 0. The fourth-order valence-corrected chi connectivity index (χ4v) is 2.75. The summed E-state index contributed by atoms with van der Waals surface area (Å²) in [5.41, 5.74) is 6.04. The predicted octanol–water partition coefficient (Wildman–Crippen LogP) is -1.23. The number of hydrogen-bond donors (Lipinski definition) is 1. The van der Waals surface area contributed by atoms with Gasteiger partial charge in [-0.1, -0.05) is 0 Å². The van der Waals surface area contributed by atoms with E-state index in [1.165, 1.54) is 0 Å². The average Bonchev–Trinajstić information content (AvgIpc) is 2.67. The minimum atomic E-state index is -0.00225. The van der Waals surface area contributed by atoms with Gasteiger partial charge < -0.3 is 25.2 Å². The van der Waals surface area contributed by atoms with Crippen LogP contribution >= 0.6 is 0 Å². The van der Waals surface area contributed by atoms with Crippen molar-refractivity contribution in [3.8, 4) is 0 Å². The average molecular weight is 333 g/mol. The first-order valence-corrected chi connectivity index (χ1v) is 8.16. The number of morpholine rings is 1. The number of anilines is 1. The van der Waals surface area contributed by atoms with Crippen LogP contribution in [0.3, 0.4) is 0 Å². The van der Waals surface area contributed by atoms with Gasteiger partial charge in [-0.2, -0.15) is 0 Å². The van der Waals surface area contributed by atoms with Gasteiger partial charge in [-0.15, -0.1) is 0 Å². The van der Waals surface area contributed by atoms with Crippen LogP contribution in [0.2, 0.25) is 0 Å². The van der Waals surface area contributed by atoms with Crippen LogP contribution in [-0.4, -0.2) is 90.7 Å². The molecule has 1 aromatic rings. The normalized spacial score (nSPS) is 19.5. The first kappa shape index (κ1) is 16.4. The quantitative estimate of drug-likeness (QED) is 0.546. The van der Waals surface area contributed by atoms with Crippen molar-refractivity contribution in [3.05, 3.63) is 18.5 Å². The number of amides is 1. The van der Waals surface area contributed by atoms with Crippen LogP contribution in [0.4, 0.5) is 5.95 Å². The summed E-state index contributed by atoms with van der Waals surface area (Å²) in [6, 6.07) is 1.80. The molecule has 1 aromatic heterocycles. The predicted molar refractivity (Wildman–Crippen MR) is 89.7 cm³/mol. The van der Waals surface area contributed by atoms with Crippen LogP contribution in [0.15, 0.2) is 23.5 Å². The van der Waals surface area contributed by atoms with Gasteiger partial charge in [0.25, 0.3) is 0 Å². The number of hydrogen-bond acceptors (Lipinski definition) is 6. The van der Waals surface area contributed by atoms with E-state index in [0.29, 0.717) is 32.3 Å². The molecule has 2 N–H and O–H groups in total. The molecule has 0 bridgehead atoms. The van der Waals surface area contributed by atoms with E-state index < -0.39 is 0 Å². The van der Waals surface area contributed by atoms with Gasteiger partial charge in [0, 0.05) is 51.7 Å². The second-order valence-electron chi connectivity index (χ2n) is 5.69. The Morgan fingerprint density at radius 3 is 2.42 bits per heavy atom. The molecule has 0 spiro atoms. The molecule has 3 rings (SSSR count). The van der Waals surface area contributed by atoms with E-state index in [9.17, 15) is 4.79 Å². The monoisotopic (exact) mass is 333 g/mol. The first-order valence-electron chi connectivity index (χ1n) is 8.16. The minimum Gasteiger partial charge on any atom is -0.378 e. The van der Waals surface area contributed by atoms with Gasteiger partial charge in [-0.05, 0) is 6.07 Å². The van der Waals surface area contributed by atoms with Crippen molar-refractivity contribution in [2.75, 3.05) is 63.9 Å². The fourth-order valence-electron chi connectivity index (χ4n) is 2.75. The molecule has 0 radical (unpaired) electrons. The second kappa shape index (κ2) is 7.91. The topological polar surface area (TPSA) is 100 Å². The van der Waals surface area contributed by atoms with E-state index in [4.69, 9.17) is 10.5 Å². The van der Waals surface area contributed by atoms with Gasteiger partial charge in [0.2, 0.25) is 11.9 Å². The van der Waals surface area contributed by atoms with E-state index in [-0.39, 0.29) is 12.5 Å². The van der Waals surface area contributed by atoms with E-state index >= 15 is 0 Å². The van der Waals surface area contributed by atoms with Crippen molar-refractivity contribution >= 4 is 17.8 Å². The number of nitrogens with zero attached hydrogens (tertiary/aromatic N) is 6. The molecule has 24 heavy (non-hydrogen) atoms. The van der Waals surface area contributed by atoms with Gasteiger partial charge in [0.15, 0.2) is 5.96 Å². The Morgan fingerprint density at radius 2 is 1.75 bits per heavy atom. The number of rotatable bonds is 3. The zero-order valence-electron chi connectivity index (χ0n) is 13.7. The summed E-state index contributed by atoms with van der Waals surface area (Å²) in [6.45, 7) is 5.55. The molecule has 0 atom stereocenters. The Labute approximate surface area is 141 Å². The van der Waals surface area contributed by atoms with E-state index in [1.807, 2.05) is 4.90 Å². The molecule has 9 nitrogen and oxygen atoms in total. The summed E-state index contributed by atoms with van der Waals surface area (Å²) in [5.74, 6) is 1.15. The van der Waals surface area contributed by atoms with Crippen LogP contribution in [0.25, 0.3) is 0 Å². The minimum absolute atomic E-state index is 0.00225. The maximum absolute atomic E-state index is 12.1. The highest BCUT2D eigenvalue weighted by molar-refractivity contribution is 5.84. The molecule has 0 aliphatic carbocycles. The van der Waals surface area contributed by atoms with E-state index in [0.717, 1.165) is 32.1 Å². The lowest BCUT2D eigenvalue weighted by Crippen LogP contribution is -2.52. The summed E-state index contributed by atoms with van der Waals surface area (Å²) >= 11 is 0. The summed E-state index contributed by atoms with van der Waals surface area (Å²) in [5, 5.41) is 0. The molecule has 2 aliphatic heterocycles. The molecule has 1 amide bonds. The Bertz CT molecular complexity index is 566. The van der Waals surface area contributed by atoms with Crippen LogP contribution in [-0.2, 0) is 9.53 Å². The highest BCUT2D eigenvalue weighted by atomic mass is 16.5. The summed E-state index contributed by atoms with van der Waals surface area (Å²) in [6.07, 6.45) is 3.48. The number of nitrogens with two attached hydrogens (primary N) is 1. The van der Waals surface area contributed by atoms with Crippen molar-refractivity contribution in [2.45, 2.75) is 0 Å². The van der Waals surface area contributed by atoms with E-state index in [2.05, 4.69) is 19.9 Å². The molecular formula is C15H23N7O2. The van der Waals surface area contributed by atoms with Crippen LogP contribution in [0, 0.1) is 0 Å². The third kappa shape index (κ3) is 4.10. The molecule has 0 aromatic carbocycles. The van der Waals surface area contributed by atoms with Crippen LogP contribution < -0.4 is 10.6 Å². The standard InChI is InChI=1S/C15H23N7O2/c16-14(19-12-13(23)20-8-10-24-11-9-20)21-4-6-22(7-5-21)15-17-2-1-3-18-15/h1-3H,4-12H2,(H2,16,19). The summed E-state index contributed by atoms with van der Waals surface area (Å²) in [4.78, 5) is 30.7. The van der Waals surface area contributed by atoms with Gasteiger partial charge in [-0.3, -0.25) is 4.79 Å². The Hall–Kier alpha value is -2.42. The SMILES string of the molecule is NC(=NCC(=O)N1CCOCC1)N1CCN(c2ncccn2)CC1. The lowest BCUT2D eigenvalue weighted by molar-refractivity contribution is -0.133. The highest BCUT2D eigenvalue weighted by Crippen LogP contribution is 2.09. The van der Waals surface area contributed by atoms with Gasteiger partial charge in [0.05, 0.1) is 13.2 Å². The Balaban J connectivity index is 1.47. The molecule has 2 saturated heterocycles. The van der Waals surface area contributed by atoms with Crippen molar-refractivity contribution in [2.24, 2.45) is 10.7 Å². The molecule has 130 valence electrons. The first-order chi connectivity index (χ1) is 11.7. The molecule has 2 aliphatic rings. The molecular weight excluding hydrogens is 310 g/mol. The molecule has 0 saturated carbocycles. The van der Waals surface area contributed by atoms with Gasteiger partial charge in [-0.25, -0.2) is 15.0 Å². The lowest BCUT2D eigenvalue weighted by Gasteiger charge is -2.35. The molecule has 2 fully saturated rings. The van der Waals surface area contributed by atoms with Crippen molar-refractivity contribution < 1.29 is 9.53 Å². The maximum Gasteiger partial charge on any atom is 0.244 e. The highest BCUT2D eigenvalue weighted by Gasteiger charge is 2.21. The fraction of sp³-hybridized carbons (Fsp3) is 0.600. The van der Waals surface area contributed by atoms with Crippen LogP contribution in [0.5, 0.6) is 0 Å². The summed E-state index contributed by atoms with van der Waals surface area (Å²) < 4.78 is 5.24. The Kier molecular flexibility index (Phi) is 5.42. The number of ether oxygens (including phenoxy) is 1. The third-order valence-electron chi connectivity index (χ3n) is 4.18. The zero-order chi connectivity index (χ0) is 16.8.